The topological polar surface area (TPSA) is 79.3 Å². The minimum absolute atomic E-state index is 0.0353. The van der Waals surface area contributed by atoms with E-state index in [1.165, 1.54) is 18.3 Å². The highest BCUT2D eigenvalue weighted by Gasteiger charge is 2.14. The van der Waals surface area contributed by atoms with Crippen LogP contribution in [0.5, 0.6) is 5.75 Å². The van der Waals surface area contributed by atoms with E-state index in [4.69, 9.17) is 11.6 Å². The van der Waals surface area contributed by atoms with Gasteiger partial charge in [0.05, 0.1) is 15.4 Å². The van der Waals surface area contributed by atoms with Crippen molar-refractivity contribution < 1.29 is 13.5 Å². The van der Waals surface area contributed by atoms with Gasteiger partial charge in [-0.3, -0.25) is 4.98 Å². The maximum Gasteiger partial charge on any atom is 0.177 e. The Morgan fingerprint density at radius 3 is 2.65 bits per heavy atom. The monoisotopic (exact) mass is 348 g/mol. The highest BCUT2D eigenvalue weighted by Crippen LogP contribution is 2.31. The lowest BCUT2D eigenvalue weighted by molar-refractivity contribution is 0.476. The smallest absolute Gasteiger partial charge is 0.177 e. The van der Waals surface area contributed by atoms with E-state index in [9.17, 15) is 13.5 Å². The molecule has 2 aromatic carbocycles. The predicted molar refractivity (Wildman–Crippen MR) is 91.3 cm³/mol. The molecular weight excluding hydrogens is 336 g/mol. The number of anilines is 2. The van der Waals surface area contributed by atoms with Gasteiger partial charge in [-0.25, -0.2) is 8.42 Å². The Kier molecular flexibility index (Phi) is 3.87. The molecule has 7 heteroatoms. The fraction of sp³-hybridized carbons (Fsp3) is 0.0625. The van der Waals surface area contributed by atoms with Crippen LogP contribution in [0.4, 0.5) is 11.4 Å². The molecule has 0 aliphatic carbocycles. The molecule has 1 heterocycles. The first-order chi connectivity index (χ1) is 10.9. The number of pyridine rings is 1. The second-order valence-corrected chi connectivity index (χ2v) is 7.47. The Morgan fingerprint density at radius 1 is 1.17 bits per heavy atom. The fourth-order valence-corrected chi connectivity index (χ4v) is 3.26. The molecule has 0 unspecified atom stereocenters. The predicted octanol–water partition coefficient (Wildman–Crippen LogP) is 3.74. The number of fused-ring (bicyclic) bond motifs is 1. The summed E-state index contributed by atoms with van der Waals surface area (Å²) in [6.45, 7) is 0. The van der Waals surface area contributed by atoms with Crippen LogP contribution < -0.4 is 5.32 Å². The van der Waals surface area contributed by atoms with Crippen LogP contribution in [0.2, 0.25) is 5.02 Å². The Bertz CT molecular complexity index is 1000. The molecule has 0 amide bonds. The number of hydrogen-bond donors (Lipinski definition) is 2. The van der Waals surface area contributed by atoms with E-state index < -0.39 is 9.84 Å². The summed E-state index contributed by atoms with van der Waals surface area (Å²) in [5, 5.41) is 13.7. The van der Waals surface area contributed by atoms with Gasteiger partial charge in [-0.1, -0.05) is 23.7 Å². The van der Waals surface area contributed by atoms with Crippen LogP contribution in [-0.4, -0.2) is 24.8 Å². The average Bonchev–Trinajstić information content (AvgIpc) is 2.50. The molecule has 2 N–H and O–H groups in total. The van der Waals surface area contributed by atoms with Crippen molar-refractivity contribution in [1.29, 1.82) is 0 Å². The van der Waals surface area contributed by atoms with Gasteiger partial charge in [0.25, 0.3) is 0 Å². The van der Waals surface area contributed by atoms with E-state index in [1.54, 1.807) is 30.3 Å². The summed E-state index contributed by atoms with van der Waals surface area (Å²) >= 11 is 5.80. The van der Waals surface area contributed by atoms with Crippen molar-refractivity contribution >= 4 is 43.7 Å². The standard InChI is InChI=1S/C16H13ClN2O3S/c1-23(21,22)15-4-2-3-11-13(7-8-18-16(11)15)19-10-5-6-12(17)14(20)9-10/h2-9,20H,1H3,(H,18,19). The molecule has 0 aliphatic heterocycles. The average molecular weight is 349 g/mol. The quantitative estimate of drug-likeness (QED) is 0.753. The lowest BCUT2D eigenvalue weighted by atomic mass is 10.2. The second kappa shape index (κ2) is 5.72. The number of para-hydroxylation sites is 1. The minimum atomic E-state index is -3.38. The fourth-order valence-electron chi connectivity index (χ4n) is 2.30. The maximum atomic E-state index is 11.9. The van der Waals surface area contributed by atoms with Crippen molar-refractivity contribution in [3.8, 4) is 5.75 Å². The van der Waals surface area contributed by atoms with Gasteiger partial charge in [0, 0.05) is 35.3 Å². The molecule has 3 rings (SSSR count). The van der Waals surface area contributed by atoms with Crippen molar-refractivity contribution in [2.24, 2.45) is 0 Å². The number of nitrogens with one attached hydrogen (secondary N) is 1. The van der Waals surface area contributed by atoms with Crippen LogP contribution >= 0.6 is 11.6 Å². The highest BCUT2D eigenvalue weighted by atomic mass is 35.5. The van der Waals surface area contributed by atoms with Gasteiger partial charge in [-0.2, -0.15) is 0 Å². The van der Waals surface area contributed by atoms with Crippen LogP contribution in [-0.2, 0) is 9.84 Å². The van der Waals surface area contributed by atoms with Gasteiger partial charge >= 0.3 is 0 Å². The number of hydrogen-bond acceptors (Lipinski definition) is 5. The van der Waals surface area contributed by atoms with Crippen LogP contribution in [0.25, 0.3) is 10.9 Å². The first-order valence-corrected chi connectivity index (χ1v) is 8.96. The van der Waals surface area contributed by atoms with Crippen molar-refractivity contribution in [2.45, 2.75) is 4.90 Å². The number of benzene rings is 2. The van der Waals surface area contributed by atoms with Gasteiger partial charge in [-0.05, 0) is 24.3 Å². The molecule has 5 nitrogen and oxygen atoms in total. The second-order valence-electron chi connectivity index (χ2n) is 5.07. The normalized spacial score (nSPS) is 11.6. The number of rotatable bonds is 3. The van der Waals surface area contributed by atoms with E-state index in [0.29, 0.717) is 22.3 Å². The van der Waals surface area contributed by atoms with Crippen molar-refractivity contribution in [2.75, 3.05) is 11.6 Å². The number of sulfone groups is 1. The zero-order chi connectivity index (χ0) is 16.6. The minimum Gasteiger partial charge on any atom is -0.506 e. The Labute approximate surface area is 138 Å². The van der Waals surface area contributed by atoms with Gasteiger partial charge in [0.15, 0.2) is 9.84 Å². The number of aromatic nitrogens is 1. The molecule has 0 bridgehead atoms. The Balaban J connectivity index is 2.13. The molecular formula is C16H13ClN2O3S. The van der Waals surface area contributed by atoms with Crippen LogP contribution in [0, 0.1) is 0 Å². The van der Waals surface area contributed by atoms with E-state index in [-0.39, 0.29) is 15.7 Å². The molecule has 0 aliphatic rings. The summed E-state index contributed by atoms with van der Waals surface area (Å²) in [6, 6.07) is 11.5. The SMILES string of the molecule is CS(=O)(=O)c1cccc2c(Nc3ccc(Cl)c(O)c3)ccnc12. The first-order valence-electron chi connectivity index (χ1n) is 6.69. The molecule has 118 valence electrons. The lowest BCUT2D eigenvalue weighted by Gasteiger charge is -2.11. The first kappa shape index (κ1) is 15.6. The maximum absolute atomic E-state index is 11.9. The third-order valence-electron chi connectivity index (χ3n) is 3.36. The number of halogens is 1. The van der Waals surface area contributed by atoms with E-state index in [1.807, 2.05) is 0 Å². The Morgan fingerprint density at radius 2 is 1.96 bits per heavy atom. The highest BCUT2D eigenvalue weighted by molar-refractivity contribution is 7.91. The summed E-state index contributed by atoms with van der Waals surface area (Å²) in [5.41, 5.74) is 1.71. The zero-order valence-corrected chi connectivity index (χ0v) is 13.7. The van der Waals surface area contributed by atoms with Crippen LogP contribution in [0.3, 0.4) is 0 Å². The third-order valence-corrected chi connectivity index (χ3v) is 4.81. The third kappa shape index (κ3) is 3.09. The number of nitrogens with zero attached hydrogens (tertiary/aromatic N) is 1. The van der Waals surface area contributed by atoms with Gasteiger partial charge in [0.2, 0.25) is 0 Å². The molecule has 1 aromatic heterocycles. The lowest BCUT2D eigenvalue weighted by Crippen LogP contribution is -2.00. The molecule has 0 saturated carbocycles. The molecule has 0 saturated heterocycles. The van der Waals surface area contributed by atoms with Gasteiger partial charge in [-0.15, -0.1) is 0 Å². The molecule has 0 radical (unpaired) electrons. The number of phenols is 1. The number of aromatic hydroxyl groups is 1. The van der Waals surface area contributed by atoms with Gasteiger partial charge in [0.1, 0.15) is 5.75 Å². The van der Waals surface area contributed by atoms with E-state index in [2.05, 4.69) is 10.3 Å². The summed E-state index contributed by atoms with van der Waals surface area (Å²) in [7, 11) is -3.38. The van der Waals surface area contributed by atoms with Crippen molar-refractivity contribution in [3.05, 3.63) is 53.7 Å². The molecule has 23 heavy (non-hydrogen) atoms. The van der Waals surface area contributed by atoms with E-state index in [0.717, 1.165) is 6.26 Å². The van der Waals surface area contributed by atoms with Crippen LogP contribution in [0.1, 0.15) is 0 Å². The summed E-state index contributed by atoms with van der Waals surface area (Å²) in [6.07, 6.45) is 2.69. The van der Waals surface area contributed by atoms with Gasteiger partial charge < -0.3 is 10.4 Å². The zero-order valence-electron chi connectivity index (χ0n) is 12.1. The summed E-state index contributed by atoms with van der Waals surface area (Å²) in [5.74, 6) is -0.0353. The number of phenolic OH excluding ortho intramolecular Hbond substituents is 1. The largest absolute Gasteiger partial charge is 0.506 e. The Hall–Kier alpha value is -2.31. The van der Waals surface area contributed by atoms with Crippen molar-refractivity contribution in [3.63, 3.8) is 0 Å². The summed E-state index contributed by atoms with van der Waals surface area (Å²) in [4.78, 5) is 4.37. The summed E-state index contributed by atoms with van der Waals surface area (Å²) < 4.78 is 23.8. The molecule has 3 aromatic rings. The van der Waals surface area contributed by atoms with Crippen molar-refractivity contribution in [1.82, 2.24) is 4.98 Å². The molecule has 0 spiro atoms. The van der Waals surface area contributed by atoms with E-state index >= 15 is 0 Å². The van der Waals surface area contributed by atoms with Crippen LogP contribution in [0.15, 0.2) is 53.6 Å². The molecule has 0 atom stereocenters. The molecule has 0 fully saturated rings.